The summed E-state index contributed by atoms with van der Waals surface area (Å²) < 4.78 is 0.982. The van der Waals surface area contributed by atoms with Crippen molar-refractivity contribution >= 4 is 38.6 Å². The van der Waals surface area contributed by atoms with Gasteiger partial charge in [-0.3, -0.25) is 9.59 Å². The van der Waals surface area contributed by atoms with Crippen molar-refractivity contribution in [2.75, 3.05) is 6.54 Å². The molecule has 2 atom stereocenters. The Kier molecular flexibility index (Phi) is 4.33. The van der Waals surface area contributed by atoms with Gasteiger partial charge in [-0.05, 0) is 50.1 Å². The van der Waals surface area contributed by atoms with E-state index in [1.807, 2.05) is 62.1 Å². The van der Waals surface area contributed by atoms with Gasteiger partial charge < -0.3 is 14.8 Å². The molecule has 0 spiro atoms. The maximum absolute atomic E-state index is 13.6. The van der Waals surface area contributed by atoms with Gasteiger partial charge in [0.25, 0.3) is 0 Å². The molecule has 5 nitrogen and oxygen atoms in total. The summed E-state index contributed by atoms with van der Waals surface area (Å²) in [5, 5.41) is 1.13. The van der Waals surface area contributed by atoms with Crippen molar-refractivity contribution in [1.29, 1.82) is 0 Å². The van der Waals surface area contributed by atoms with Gasteiger partial charge in [-0.2, -0.15) is 0 Å². The van der Waals surface area contributed by atoms with Crippen molar-refractivity contribution in [3.05, 3.63) is 69.8 Å². The van der Waals surface area contributed by atoms with Gasteiger partial charge in [-0.15, -0.1) is 0 Å². The van der Waals surface area contributed by atoms with Crippen molar-refractivity contribution in [1.82, 2.24) is 14.8 Å². The molecule has 5 rings (SSSR count). The second-order valence-electron chi connectivity index (χ2n) is 9.13. The number of hydrogen-bond acceptors (Lipinski definition) is 2. The van der Waals surface area contributed by atoms with Crippen LogP contribution in [0, 0.1) is 0 Å². The number of aromatic amines is 1. The number of nitrogens with one attached hydrogen (secondary N) is 1. The normalized spacial score (nSPS) is 21.7. The van der Waals surface area contributed by atoms with Crippen molar-refractivity contribution in [2.24, 2.45) is 0 Å². The molecule has 2 aliphatic rings. The zero-order chi connectivity index (χ0) is 21.2. The Morgan fingerprint density at radius 2 is 1.73 bits per heavy atom. The van der Waals surface area contributed by atoms with Crippen LogP contribution in [-0.2, 0) is 16.0 Å². The molecule has 0 radical (unpaired) electrons. The zero-order valence-electron chi connectivity index (χ0n) is 17.3. The maximum atomic E-state index is 13.6. The highest BCUT2D eigenvalue weighted by Crippen LogP contribution is 2.43. The van der Waals surface area contributed by atoms with Gasteiger partial charge in [-0.1, -0.05) is 46.3 Å². The highest BCUT2D eigenvalue weighted by Gasteiger charge is 2.50. The number of piperazine rings is 1. The van der Waals surface area contributed by atoms with E-state index in [-0.39, 0.29) is 24.4 Å². The summed E-state index contributed by atoms with van der Waals surface area (Å²) in [4.78, 5) is 34.1. The number of nitrogens with zero attached hydrogens (tertiary/aromatic N) is 2. The third-order valence-corrected chi connectivity index (χ3v) is 6.79. The highest BCUT2D eigenvalue weighted by atomic mass is 79.9. The number of H-pyrrole nitrogens is 1. The minimum Gasteiger partial charge on any atom is -0.356 e. The number of hydrogen-bond donors (Lipinski definition) is 1. The molecule has 3 heterocycles. The molecule has 2 aliphatic heterocycles. The molecule has 2 aromatic carbocycles. The summed E-state index contributed by atoms with van der Waals surface area (Å²) in [6, 6.07) is 15.4. The van der Waals surface area contributed by atoms with E-state index in [4.69, 9.17) is 0 Å². The lowest BCUT2D eigenvalue weighted by Gasteiger charge is -2.50. The van der Waals surface area contributed by atoms with E-state index in [2.05, 4.69) is 33.0 Å². The molecule has 0 saturated carbocycles. The Balaban J connectivity index is 1.72. The van der Waals surface area contributed by atoms with Crippen LogP contribution in [0.5, 0.6) is 0 Å². The lowest BCUT2D eigenvalue weighted by molar-refractivity contribution is -0.163. The van der Waals surface area contributed by atoms with Crippen LogP contribution in [0.2, 0.25) is 0 Å². The summed E-state index contributed by atoms with van der Waals surface area (Å²) >= 11 is 3.50. The predicted octanol–water partition coefficient (Wildman–Crippen LogP) is 4.41. The molecule has 1 N–H and O–H groups in total. The second kappa shape index (κ2) is 6.71. The lowest BCUT2D eigenvalue weighted by atomic mass is 9.85. The number of para-hydroxylation sites is 1. The fraction of sp³-hybridized carbons (Fsp3) is 0.333. The number of halogens is 1. The fourth-order valence-electron chi connectivity index (χ4n) is 4.82. The average molecular weight is 466 g/mol. The molecule has 0 bridgehead atoms. The van der Waals surface area contributed by atoms with Gasteiger partial charge in [-0.25, -0.2) is 0 Å². The third kappa shape index (κ3) is 2.88. The minimum atomic E-state index is -0.495. The van der Waals surface area contributed by atoms with E-state index in [0.29, 0.717) is 6.42 Å². The molecule has 0 unspecified atom stereocenters. The van der Waals surface area contributed by atoms with Crippen LogP contribution in [0.15, 0.2) is 53.0 Å². The zero-order valence-corrected chi connectivity index (χ0v) is 18.9. The van der Waals surface area contributed by atoms with E-state index >= 15 is 0 Å². The van der Waals surface area contributed by atoms with E-state index in [9.17, 15) is 9.59 Å². The molecule has 6 heteroatoms. The molecule has 1 fully saturated rings. The van der Waals surface area contributed by atoms with E-state index in [1.54, 1.807) is 4.90 Å². The first-order chi connectivity index (χ1) is 14.3. The van der Waals surface area contributed by atoms with E-state index in [1.165, 1.54) is 0 Å². The molecule has 0 aliphatic carbocycles. The first-order valence-electron chi connectivity index (χ1n) is 10.2. The Labute approximate surface area is 184 Å². The maximum Gasteiger partial charge on any atom is 0.246 e. The summed E-state index contributed by atoms with van der Waals surface area (Å²) in [6.45, 7) is 6.07. The van der Waals surface area contributed by atoms with Crippen LogP contribution in [0.3, 0.4) is 0 Å². The van der Waals surface area contributed by atoms with Crippen LogP contribution < -0.4 is 0 Å². The smallest absolute Gasteiger partial charge is 0.246 e. The standard InChI is InChI=1S/C24H24BrN3O2/c1-24(2,3)27-13-20(29)28-19(23(27)30)12-17-16-6-4-5-7-18(16)26-21(17)22(28)14-8-10-15(25)11-9-14/h4-11,19,22,26H,12-13H2,1-3H3/t19-,22+/m0/s1. The largest absolute Gasteiger partial charge is 0.356 e. The van der Waals surface area contributed by atoms with Gasteiger partial charge in [0.05, 0.1) is 6.04 Å². The first kappa shape index (κ1) is 19.4. The Hall–Kier alpha value is -2.60. The van der Waals surface area contributed by atoms with Crippen LogP contribution in [0.4, 0.5) is 0 Å². The predicted molar refractivity (Wildman–Crippen MR) is 120 cm³/mol. The second-order valence-corrected chi connectivity index (χ2v) is 10.0. The molecule has 2 amide bonds. The molecule has 1 saturated heterocycles. The first-order valence-corrected chi connectivity index (χ1v) is 11.0. The quantitative estimate of drug-likeness (QED) is 0.578. The molecular formula is C24H24BrN3O2. The number of benzene rings is 2. The Bertz CT molecular complexity index is 1160. The number of carbonyl (C=O) groups excluding carboxylic acids is 2. The topological polar surface area (TPSA) is 56.4 Å². The van der Waals surface area contributed by atoms with Crippen LogP contribution >= 0.6 is 15.9 Å². The van der Waals surface area contributed by atoms with Gasteiger partial charge >= 0.3 is 0 Å². The highest BCUT2D eigenvalue weighted by molar-refractivity contribution is 9.10. The number of fused-ring (bicyclic) bond motifs is 4. The van der Waals surface area contributed by atoms with Crippen molar-refractivity contribution in [2.45, 2.75) is 44.8 Å². The van der Waals surface area contributed by atoms with Crippen molar-refractivity contribution < 1.29 is 9.59 Å². The van der Waals surface area contributed by atoms with Gasteiger partial charge in [0.1, 0.15) is 12.6 Å². The molecular weight excluding hydrogens is 442 g/mol. The average Bonchev–Trinajstić information content (AvgIpc) is 3.07. The van der Waals surface area contributed by atoms with Gasteiger partial charge in [0.15, 0.2) is 0 Å². The summed E-state index contributed by atoms with van der Waals surface area (Å²) in [7, 11) is 0. The number of aromatic nitrogens is 1. The number of carbonyl (C=O) groups is 2. The fourth-order valence-corrected chi connectivity index (χ4v) is 5.09. The van der Waals surface area contributed by atoms with E-state index < -0.39 is 11.6 Å². The Morgan fingerprint density at radius 1 is 1.03 bits per heavy atom. The molecule has 30 heavy (non-hydrogen) atoms. The van der Waals surface area contributed by atoms with Crippen molar-refractivity contribution in [3.8, 4) is 0 Å². The summed E-state index contributed by atoms with van der Waals surface area (Å²) in [5.41, 5.74) is 3.79. The number of amides is 2. The summed E-state index contributed by atoms with van der Waals surface area (Å²) in [5.74, 6) is 0.0203. The molecule has 1 aromatic heterocycles. The van der Waals surface area contributed by atoms with Crippen LogP contribution in [-0.4, -0.2) is 44.7 Å². The third-order valence-electron chi connectivity index (χ3n) is 6.26. The molecule has 3 aromatic rings. The van der Waals surface area contributed by atoms with E-state index in [0.717, 1.165) is 32.2 Å². The summed E-state index contributed by atoms with van der Waals surface area (Å²) in [6.07, 6.45) is 0.531. The van der Waals surface area contributed by atoms with Gasteiger partial charge in [0.2, 0.25) is 11.8 Å². The minimum absolute atomic E-state index is 0.00764. The van der Waals surface area contributed by atoms with Gasteiger partial charge in [0, 0.05) is 33.0 Å². The molecule has 154 valence electrons. The number of rotatable bonds is 1. The lowest BCUT2D eigenvalue weighted by Crippen LogP contribution is -2.66. The van der Waals surface area contributed by atoms with Crippen LogP contribution in [0.1, 0.15) is 43.6 Å². The Morgan fingerprint density at radius 3 is 2.43 bits per heavy atom. The monoisotopic (exact) mass is 465 g/mol. The van der Waals surface area contributed by atoms with Crippen molar-refractivity contribution in [3.63, 3.8) is 0 Å². The SMILES string of the molecule is CC(C)(C)N1CC(=O)N2[C@H](c3ccc(Br)cc3)c3[nH]c4ccccc4c3C[C@H]2C1=O. The van der Waals surface area contributed by atoms with Crippen LogP contribution in [0.25, 0.3) is 10.9 Å².